The molecule has 0 saturated carbocycles. The molecule has 110 valence electrons. The molecule has 0 aliphatic heterocycles. The quantitative estimate of drug-likeness (QED) is 0.807. The van der Waals surface area contributed by atoms with E-state index in [1.807, 2.05) is 13.0 Å². The highest BCUT2D eigenvalue weighted by atomic mass is 32.2. The molecule has 0 aromatic heterocycles. The van der Waals surface area contributed by atoms with E-state index in [1.165, 1.54) is 6.08 Å². The summed E-state index contributed by atoms with van der Waals surface area (Å²) in [6.45, 7) is 3.51. The van der Waals surface area contributed by atoms with Gasteiger partial charge in [0.2, 0.25) is 10.0 Å². The largest absolute Gasteiger partial charge is 0.480 e. The van der Waals surface area contributed by atoms with Crippen molar-refractivity contribution in [2.45, 2.75) is 26.3 Å². The number of benzene rings is 1. The van der Waals surface area contributed by atoms with Crippen molar-refractivity contribution in [3.63, 3.8) is 0 Å². The number of carboxylic acid groups (broad SMARTS) is 1. The van der Waals surface area contributed by atoms with Gasteiger partial charge in [-0.05, 0) is 17.6 Å². The van der Waals surface area contributed by atoms with Gasteiger partial charge in [0.15, 0.2) is 0 Å². The Labute approximate surface area is 119 Å². The van der Waals surface area contributed by atoms with Gasteiger partial charge in [-0.3, -0.25) is 4.79 Å². The third-order valence-corrected chi connectivity index (χ3v) is 4.09. The van der Waals surface area contributed by atoms with E-state index in [9.17, 15) is 13.2 Å². The number of hydrogen-bond acceptors (Lipinski definition) is 3. The lowest BCUT2D eigenvalue weighted by Gasteiger charge is -2.18. The Kier molecular flexibility index (Phi) is 5.91. The zero-order valence-electron chi connectivity index (χ0n) is 11.5. The van der Waals surface area contributed by atoms with Crippen LogP contribution < -0.4 is 4.72 Å². The van der Waals surface area contributed by atoms with Crippen LogP contribution in [0.25, 0.3) is 6.08 Å². The number of aliphatic carboxylic acids is 1. The Balaban J connectivity index is 2.83. The van der Waals surface area contributed by atoms with Gasteiger partial charge in [-0.25, -0.2) is 8.42 Å². The van der Waals surface area contributed by atoms with E-state index in [2.05, 4.69) is 4.72 Å². The van der Waals surface area contributed by atoms with Crippen LogP contribution in [-0.4, -0.2) is 25.5 Å². The first kappa shape index (κ1) is 16.4. The second-order valence-corrected chi connectivity index (χ2v) is 6.18. The minimum absolute atomic E-state index is 0.285. The number of carboxylic acids is 1. The topological polar surface area (TPSA) is 83.5 Å². The third-order valence-electron chi connectivity index (χ3n) is 3.01. The van der Waals surface area contributed by atoms with Gasteiger partial charge < -0.3 is 5.11 Å². The molecule has 2 unspecified atom stereocenters. The molecule has 1 rings (SSSR count). The van der Waals surface area contributed by atoms with Crippen molar-refractivity contribution in [1.29, 1.82) is 0 Å². The first-order valence-electron chi connectivity index (χ1n) is 6.34. The predicted molar refractivity (Wildman–Crippen MR) is 78.4 cm³/mol. The predicted octanol–water partition coefficient (Wildman–Crippen LogP) is 2.08. The minimum atomic E-state index is -3.79. The highest BCUT2D eigenvalue weighted by Gasteiger charge is 2.27. The van der Waals surface area contributed by atoms with Crippen molar-refractivity contribution in [3.05, 3.63) is 41.3 Å². The lowest BCUT2D eigenvalue weighted by Crippen LogP contribution is -2.44. The molecule has 1 aromatic rings. The lowest BCUT2D eigenvalue weighted by atomic mass is 10.0. The van der Waals surface area contributed by atoms with Crippen LogP contribution >= 0.6 is 0 Å². The minimum Gasteiger partial charge on any atom is -0.480 e. The van der Waals surface area contributed by atoms with E-state index < -0.39 is 22.0 Å². The van der Waals surface area contributed by atoms with E-state index in [4.69, 9.17) is 5.11 Å². The highest BCUT2D eigenvalue weighted by molar-refractivity contribution is 7.92. The summed E-state index contributed by atoms with van der Waals surface area (Å²) in [6, 6.07) is 7.81. The summed E-state index contributed by atoms with van der Waals surface area (Å²) in [6.07, 6.45) is 2.00. The average molecular weight is 297 g/mol. The van der Waals surface area contributed by atoms with Gasteiger partial charge >= 0.3 is 5.97 Å². The number of nitrogens with one attached hydrogen (secondary N) is 1. The molecule has 0 amide bonds. The summed E-state index contributed by atoms with van der Waals surface area (Å²) in [5, 5.41) is 10.1. The summed E-state index contributed by atoms with van der Waals surface area (Å²) in [5.41, 5.74) is 0.730. The van der Waals surface area contributed by atoms with Crippen molar-refractivity contribution >= 4 is 22.1 Å². The van der Waals surface area contributed by atoms with Crippen LogP contribution in [0.5, 0.6) is 0 Å². The fraction of sp³-hybridized carbons (Fsp3) is 0.357. The van der Waals surface area contributed by atoms with Gasteiger partial charge in [0.05, 0.1) is 0 Å². The Morgan fingerprint density at radius 1 is 1.35 bits per heavy atom. The highest BCUT2D eigenvalue weighted by Crippen LogP contribution is 2.10. The van der Waals surface area contributed by atoms with Crippen molar-refractivity contribution in [2.75, 3.05) is 0 Å². The molecule has 0 radical (unpaired) electrons. The fourth-order valence-electron chi connectivity index (χ4n) is 1.59. The van der Waals surface area contributed by atoms with Crippen LogP contribution in [0.15, 0.2) is 35.7 Å². The summed E-state index contributed by atoms with van der Waals surface area (Å²) < 4.78 is 26.0. The van der Waals surface area contributed by atoms with Gasteiger partial charge in [0, 0.05) is 5.41 Å². The Morgan fingerprint density at radius 3 is 2.45 bits per heavy atom. The molecule has 0 aliphatic carbocycles. The van der Waals surface area contributed by atoms with Gasteiger partial charge in [0.25, 0.3) is 0 Å². The third kappa shape index (κ3) is 5.14. The smallest absolute Gasteiger partial charge is 0.322 e. The molecule has 2 N–H and O–H groups in total. The Hall–Kier alpha value is -1.66. The van der Waals surface area contributed by atoms with Crippen molar-refractivity contribution in [2.24, 2.45) is 5.92 Å². The van der Waals surface area contributed by atoms with E-state index >= 15 is 0 Å². The van der Waals surface area contributed by atoms with Crippen LogP contribution in [0.3, 0.4) is 0 Å². The molecular weight excluding hydrogens is 278 g/mol. The first-order chi connectivity index (χ1) is 9.35. The summed E-state index contributed by atoms with van der Waals surface area (Å²) >= 11 is 0. The molecule has 2 atom stereocenters. The van der Waals surface area contributed by atoms with E-state index in [-0.39, 0.29) is 5.92 Å². The summed E-state index contributed by atoms with van der Waals surface area (Å²) in [5.74, 6) is -1.46. The monoisotopic (exact) mass is 297 g/mol. The molecular formula is C14H19NO4S. The second kappa shape index (κ2) is 7.21. The molecule has 0 saturated heterocycles. The standard InChI is InChI=1S/C14H19NO4S/c1-3-11(2)13(14(16)17)15-20(18,19)10-9-12-7-5-4-6-8-12/h4-11,13,15H,3H2,1-2H3,(H,16,17)/b10-9+. The Bertz CT molecular complexity index is 566. The van der Waals surface area contributed by atoms with Gasteiger partial charge in [-0.15, -0.1) is 0 Å². The van der Waals surface area contributed by atoms with Crippen LogP contribution in [0, 0.1) is 5.92 Å². The lowest BCUT2D eigenvalue weighted by molar-refractivity contribution is -0.140. The van der Waals surface area contributed by atoms with E-state index in [1.54, 1.807) is 31.2 Å². The summed E-state index contributed by atoms with van der Waals surface area (Å²) in [4.78, 5) is 11.1. The molecule has 5 nitrogen and oxygen atoms in total. The molecule has 0 fully saturated rings. The maximum Gasteiger partial charge on any atom is 0.322 e. The van der Waals surface area contributed by atoms with Gasteiger partial charge in [-0.2, -0.15) is 4.72 Å². The zero-order chi connectivity index (χ0) is 15.2. The number of sulfonamides is 1. The summed E-state index contributed by atoms with van der Waals surface area (Å²) in [7, 11) is -3.79. The fourth-order valence-corrected chi connectivity index (χ4v) is 2.70. The normalized spacial score (nSPS) is 15.1. The van der Waals surface area contributed by atoms with Crippen LogP contribution in [0.1, 0.15) is 25.8 Å². The average Bonchev–Trinajstić information content (AvgIpc) is 2.43. The van der Waals surface area contributed by atoms with Crippen LogP contribution in [-0.2, 0) is 14.8 Å². The maximum absolute atomic E-state index is 11.9. The van der Waals surface area contributed by atoms with E-state index in [0.717, 1.165) is 11.0 Å². The second-order valence-electron chi connectivity index (χ2n) is 4.58. The Morgan fingerprint density at radius 2 is 1.95 bits per heavy atom. The van der Waals surface area contributed by atoms with Crippen molar-refractivity contribution in [3.8, 4) is 0 Å². The maximum atomic E-state index is 11.9. The zero-order valence-corrected chi connectivity index (χ0v) is 12.3. The molecule has 0 heterocycles. The van der Waals surface area contributed by atoms with Gasteiger partial charge in [0.1, 0.15) is 6.04 Å². The molecule has 20 heavy (non-hydrogen) atoms. The molecule has 0 spiro atoms. The number of hydrogen-bond donors (Lipinski definition) is 2. The number of carbonyl (C=O) groups is 1. The molecule has 0 aliphatic rings. The number of rotatable bonds is 7. The van der Waals surface area contributed by atoms with Crippen molar-refractivity contribution in [1.82, 2.24) is 4.72 Å². The van der Waals surface area contributed by atoms with Gasteiger partial charge in [-0.1, -0.05) is 50.6 Å². The first-order valence-corrected chi connectivity index (χ1v) is 7.88. The van der Waals surface area contributed by atoms with Crippen LogP contribution in [0.4, 0.5) is 0 Å². The van der Waals surface area contributed by atoms with Crippen LogP contribution in [0.2, 0.25) is 0 Å². The molecule has 0 bridgehead atoms. The van der Waals surface area contributed by atoms with E-state index in [0.29, 0.717) is 6.42 Å². The molecule has 1 aromatic carbocycles. The SMILES string of the molecule is CCC(C)C(NS(=O)(=O)/C=C/c1ccccc1)C(=O)O. The van der Waals surface area contributed by atoms with Crippen molar-refractivity contribution < 1.29 is 18.3 Å². The molecule has 6 heteroatoms.